The van der Waals surface area contributed by atoms with Crippen LogP contribution in [0.2, 0.25) is 0 Å². The molecule has 0 saturated carbocycles. The van der Waals surface area contributed by atoms with Crippen molar-refractivity contribution in [2.45, 2.75) is 13.0 Å². The molecule has 1 aromatic heterocycles. The standard InChI is InChI=1S/C13H17N3O/c1-10(2)15-6-7-16-11(8-15)9-17-12-4-3-5-14-13(12)16/h3-5,11H,1,6-9H2,2H3/t11-/m0/s1. The van der Waals surface area contributed by atoms with Crippen LogP contribution in [0.5, 0.6) is 5.75 Å². The van der Waals surface area contributed by atoms with Gasteiger partial charge in [-0.3, -0.25) is 0 Å². The third kappa shape index (κ3) is 1.73. The number of anilines is 1. The Morgan fingerprint density at radius 2 is 2.41 bits per heavy atom. The first-order chi connectivity index (χ1) is 8.25. The molecule has 0 aliphatic carbocycles. The second-order valence-corrected chi connectivity index (χ2v) is 4.66. The maximum absolute atomic E-state index is 5.76. The summed E-state index contributed by atoms with van der Waals surface area (Å²) in [5.74, 6) is 1.90. The predicted molar refractivity (Wildman–Crippen MR) is 67.3 cm³/mol. The molecule has 0 amide bonds. The summed E-state index contributed by atoms with van der Waals surface area (Å²) in [5, 5.41) is 0. The highest BCUT2D eigenvalue weighted by molar-refractivity contribution is 5.55. The topological polar surface area (TPSA) is 28.6 Å². The van der Waals surface area contributed by atoms with Gasteiger partial charge in [0.25, 0.3) is 0 Å². The molecule has 90 valence electrons. The van der Waals surface area contributed by atoms with Crippen molar-refractivity contribution in [3.05, 3.63) is 30.6 Å². The number of aromatic nitrogens is 1. The highest BCUT2D eigenvalue weighted by Crippen LogP contribution is 2.33. The van der Waals surface area contributed by atoms with Gasteiger partial charge in [-0.15, -0.1) is 0 Å². The highest BCUT2D eigenvalue weighted by Gasteiger charge is 2.33. The minimum Gasteiger partial charge on any atom is -0.487 e. The van der Waals surface area contributed by atoms with E-state index in [1.54, 1.807) is 0 Å². The van der Waals surface area contributed by atoms with E-state index in [-0.39, 0.29) is 0 Å². The minimum atomic E-state index is 0.392. The molecule has 2 aliphatic rings. The summed E-state index contributed by atoms with van der Waals surface area (Å²) < 4.78 is 5.76. The Hall–Kier alpha value is -1.71. The van der Waals surface area contributed by atoms with E-state index in [1.165, 1.54) is 0 Å². The molecule has 1 fully saturated rings. The van der Waals surface area contributed by atoms with Gasteiger partial charge in [-0.05, 0) is 19.1 Å². The molecule has 4 nitrogen and oxygen atoms in total. The Bertz CT molecular complexity index is 446. The first-order valence-electron chi connectivity index (χ1n) is 6.00. The van der Waals surface area contributed by atoms with Gasteiger partial charge in [-0.1, -0.05) is 6.58 Å². The fourth-order valence-corrected chi connectivity index (χ4v) is 2.52. The van der Waals surface area contributed by atoms with E-state index in [9.17, 15) is 0 Å². The van der Waals surface area contributed by atoms with Crippen molar-refractivity contribution in [1.82, 2.24) is 9.88 Å². The van der Waals surface area contributed by atoms with Crippen LogP contribution in [-0.2, 0) is 0 Å². The van der Waals surface area contributed by atoms with Crippen LogP contribution in [0, 0.1) is 0 Å². The van der Waals surface area contributed by atoms with Crippen LogP contribution in [0.25, 0.3) is 0 Å². The van der Waals surface area contributed by atoms with Gasteiger partial charge in [0.05, 0.1) is 6.04 Å². The van der Waals surface area contributed by atoms with E-state index in [0.29, 0.717) is 6.04 Å². The average molecular weight is 231 g/mol. The Labute approximate surface area is 102 Å². The Morgan fingerprint density at radius 1 is 1.53 bits per heavy atom. The lowest BCUT2D eigenvalue weighted by atomic mass is 10.1. The summed E-state index contributed by atoms with van der Waals surface area (Å²) in [6.07, 6.45) is 1.83. The Kier molecular flexibility index (Phi) is 2.42. The molecule has 3 rings (SSSR count). The molecule has 3 heterocycles. The van der Waals surface area contributed by atoms with Gasteiger partial charge >= 0.3 is 0 Å². The summed E-state index contributed by atoms with van der Waals surface area (Å²) in [6.45, 7) is 9.80. The second kappa shape index (κ2) is 3.95. The molecule has 17 heavy (non-hydrogen) atoms. The van der Waals surface area contributed by atoms with Gasteiger partial charge in [0.1, 0.15) is 6.61 Å². The third-order valence-electron chi connectivity index (χ3n) is 3.48. The highest BCUT2D eigenvalue weighted by atomic mass is 16.5. The number of ether oxygens (including phenoxy) is 1. The van der Waals surface area contributed by atoms with E-state index in [4.69, 9.17) is 4.74 Å². The predicted octanol–water partition coefficient (Wildman–Crippen LogP) is 1.50. The SMILES string of the molecule is C=C(C)N1CCN2c3ncccc3OC[C@@H]2C1. The number of pyridine rings is 1. The van der Waals surface area contributed by atoms with Crippen LogP contribution < -0.4 is 9.64 Å². The molecule has 2 aliphatic heterocycles. The molecule has 4 heteroatoms. The summed E-state index contributed by atoms with van der Waals surface area (Å²) in [6, 6.07) is 4.30. The van der Waals surface area contributed by atoms with Crippen LogP contribution >= 0.6 is 0 Å². The number of fused-ring (bicyclic) bond motifs is 3. The van der Waals surface area contributed by atoms with Crippen molar-refractivity contribution in [2.24, 2.45) is 0 Å². The zero-order valence-corrected chi connectivity index (χ0v) is 10.1. The lowest BCUT2D eigenvalue weighted by Gasteiger charge is -2.45. The van der Waals surface area contributed by atoms with Gasteiger partial charge in [-0.2, -0.15) is 0 Å². The summed E-state index contributed by atoms with van der Waals surface area (Å²) in [5.41, 5.74) is 1.14. The van der Waals surface area contributed by atoms with Crippen LogP contribution in [-0.4, -0.2) is 42.2 Å². The molecule has 0 bridgehead atoms. The van der Waals surface area contributed by atoms with Crippen molar-refractivity contribution in [3.63, 3.8) is 0 Å². The monoisotopic (exact) mass is 231 g/mol. The van der Waals surface area contributed by atoms with Gasteiger partial charge in [0, 0.05) is 31.5 Å². The van der Waals surface area contributed by atoms with Crippen molar-refractivity contribution in [2.75, 3.05) is 31.1 Å². The minimum absolute atomic E-state index is 0.392. The summed E-state index contributed by atoms with van der Waals surface area (Å²) in [4.78, 5) is 9.11. The second-order valence-electron chi connectivity index (χ2n) is 4.66. The first-order valence-corrected chi connectivity index (χ1v) is 6.00. The van der Waals surface area contributed by atoms with E-state index in [2.05, 4.69) is 28.3 Å². The van der Waals surface area contributed by atoms with Crippen molar-refractivity contribution >= 4 is 5.82 Å². The first kappa shape index (κ1) is 10.4. The summed E-state index contributed by atoms with van der Waals surface area (Å²) >= 11 is 0. The Morgan fingerprint density at radius 3 is 3.24 bits per heavy atom. The van der Waals surface area contributed by atoms with Crippen molar-refractivity contribution in [1.29, 1.82) is 0 Å². The maximum atomic E-state index is 5.76. The van der Waals surface area contributed by atoms with Crippen LogP contribution in [0.3, 0.4) is 0 Å². The number of hydrogen-bond acceptors (Lipinski definition) is 4. The van der Waals surface area contributed by atoms with Crippen molar-refractivity contribution in [3.8, 4) is 5.75 Å². The average Bonchev–Trinajstić information content (AvgIpc) is 2.38. The summed E-state index contributed by atoms with van der Waals surface area (Å²) in [7, 11) is 0. The number of nitrogens with zero attached hydrogens (tertiary/aromatic N) is 3. The van der Waals surface area contributed by atoms with Crippen LogP contribution in [0.15, 0.2) is 30.6 Å². The molecule has 0 radical (unpaired) electrons. The van der Waals surface area contributed by atoms with Gasteiger partial charge in [0.2, 0.25) is 0 Å². The molecule has 1 aromatic rings. The molecule has 0 aromatic carbocycles. The fraction of sp³-hybridized carbons (Fsp3) is 0.462. The molecule has 1 atom stereocenters. The zero-order valence-electron chi connectivity index (χ0n) is 10.1. The molecular formula is C13H17N3O. The maximum Gasteiger partial charge on any atom is 0.171 e. The molecule has 0 N–H and O–H groups in total. The van der Waals surface area contributed by atoms with E-state index in [1.807, 2.05) is 18.3 Å². The third-order valence-corrected chi connectivity index (χ3v) is 3.48. The van der Waals surface area contributed by atoms with E-state index in [0.717, 1.165) is 43.5 Å². The molecule has 0 unspecified atom stereocenters. The number of allylic oxidation sites excluding steroid dienone is 1. The van der Waals surface area contributed by atoms with E-state index >= 15 is 0 Å². The fourth-order valence-electron chi connectivity index (χ4n) is 2.52. The number of hydrogen-bond donors (Lipinski definition) is 0. The quantitative estimate of drug-likeness (QED) is 0.732. The van der Waals surface area contributed by atoms with Gasteiger partial charge in [0.15, 0.2) is 11.6 Å². The molecule has 0 spiro atoms. The van der Waals surface area contributed by atoms with Crippen molar-refractivity contribution < 1.29 is 4.74 Å². The zero-order chi connectivity index (χ0) is 11.8. The van der Waals surface area contributed by atoms with E-state index < -0.39 is 0 Å². The van der Waals surface area contributed by atoms with Gasteiger partial charge in [-0.25, -0.2) is 4.98 Å². The van der Waals surface area contributed by atoms with Gasteiger partial charge < -0.3 is 14.5 Å². The lowest BCUT2D eigenvalue weighted by molar-refractivity contribution is 0.191. The lowest BCUT2D eigenvalue weighted by Crippen LogP contribution is -2.56. The largest absolute Gasteiger partial charge is 0.487 e. The molecule has 1 saturated heterocycles. The smallest absolute Gasteiger partial charge is 0.171 e. The van der Waals surface area contributed by atoms with Crippen LogP contribution in [0.4, 0.5) is 5.82 Å². The Balaban J connectivity index is 1.85. The molecular weight excluding hydrogens is 214 g/mol. The van der Waals surface area contributed by atoms with Crippen LogP contribution in [0.1, 0.15) is 6.92 Å². The number of rotatable bonds is 1. The number of piperazine rings is 1. The normalized spacial score (nSPS) is 22.5.